The average Bonchev–Trinajstić information content (AvgIpc) is 3.34. The topological polar surface area (TPSA) is 81.1 Å². The number of hydrogen-bond acceptors (Lipinski definition) is 6. The van der Waals surface area contributed by atoms with Gasteiger partial charge in [0.05, 0.1) is 33.1 Å². The molecular formula is C35H44N2O5. The van der Waals surface area contributed by atoms with Crippen molar-refractivity contribution in [1.82, 2.24) is 9.88 Å². The van der Waals surface area contributed by atoms with Gasteiger partial charge in [-0.25, -0.2) is 4.98 Å². The van der Waals surface area contributed by atoms with Crippen LogP contribution in [-0.4, -0.2) is 54.9 Å². The molecule has 1 aliphatic rings. The monoisotopic (exact) mass is 572 g/mol. The summed E-state index contributed by atoms with van der Waals surface area (Å²) in [5, 5.41) is 9.21. The number of aromatic nitrogens is 1. The van der Waals surface area contributed by atoms with Crippen molar-refractivity contribution in [3.8, 4) is 17.4 Å². The summed E-state index contributed by atoms with van der Waals surface area (Å²) < 4.78 is 16.7. The van der Waals surface area contributed by atoms with E-state index in [0.29, 0.717) is 30.3 Å². The third kappa shape index (κ3) is 7.32. The normalized spacial score (nSPS) is 15.7. The minimum absolute atomic E-state index is 0.0339. The lowest BCUT2D eigenvalue weighted by Gasteiger charge is -2.25. The van der Waals surface area contributed by atoms with E-state index in [2.05, 4.69) is 57.2 Å². The van der Waals surface area contributed by atoms with Crippen molar-refractivity contribution in [2.45, 2.75) is 70.9 Å². The molecule has 7 nitrogen and oxygen atoms in total. The molecule has 3 aromatic rings. The standard InChI is InChI=1S/C35H44N2O5/c1-35(2,3)27-14-10-24(11-15-27)30(31-18-13-25(9-7-8-20-38)34(36-31)42-6)21-28-16-19-33(39)37(28)23-26-12-17-29(40-4)22-32(26)41-5/h10-15,17-18,21-22,28,38H,7-9,16,19-20,23H2,1-6H3/t28-/m1/s1. The number of unbranched alkanes of at least 4 members (excludes halogenated alkanes) is 1. The van der Waals surface area contributed by atoms with E-state index < -0.39 is 0 Å². The number of pyridine rings is 1. The van der Waals surface area contributed by atoms with Crippen molar-refractivity contribution in [2.75, 3.05) is 27.9 Å². The van der Waals surface area contributed by atoms with Crippen molar-refractivity contribution in [3.05, 3.63) is 88.6 Å². The molecule has 7 heteroatoms. The van der Waals surface area contributed by atoms with Crippen molar-refractivity contribution < 1.29 is 24.1 Å². The number of carbonyl (C=O) groups is 1. The van der Waals surface area contributed by atoms with E-state index >= 15 is 0 Å². The lowest BCUT2D eigenvalue weighted by Crippen LogP contribution is -2.31. The molecule has 1 amide bonds. The van der Waals surface area contributed by atoms with Crippen LogP contribution in [0.3, 0.4) is 0 Å². The summed E-state index contributed by atoms with van der Waals surface area (Å²) >= 11 is 0. The molecule has 224 valence electrons. The zero-order valence-corrected chi connectivity index (χ0v) is 25.8. The highest BCUT2D eigenvalue weighted by Gasteiger charge is 2.31. The van der Waals surface area contributed by atoms with Gasteiger partial charge in [-0.1, -0.05) is 57.2 Å². The van der Waals surface area contributed by atoms with Gasteiger partial charge in [0.15, 0.2) is 0 Å². The number of ether oxygens (including phenoxy) is 3. The molecule has 1 N–H and O–H groups in total. The van der Waals surface area contributed by atoms with Gasteiger partial charge in [-0.3, -0.25) is 4.79 Å². The van der Waals surface area contributed by atoms with Crippen LogP contribution < -0.4 is 14.2 Å². The Morgan fingerprint density at radius 2 is 1.71 bits per heavy atom. The van der Waals surface area contributed by atoms with Crippen LogP contribution in [0.25, 0.3) is 5.57 Å². The summed E-state index contributed by atoms with van der Waals surface area (Å²) in [6.07, 6.45) is 5.76. The van der Waals surface area contributed by atoms with E-state index in [0.717, 1.165) is 53.6 Å². The number of benzene rings is 2. The third-order valence-electron chi connectivity index (χ3n) is 7.89. The molecule has 0 saturated carbocycles. The SMILES string of the molecule is COc1ccc(CN2C(=O)CC[C@@H]2C=C(c2ccc(C(C)(C)C)cc2)c2ccc(CCCCO)c(OC)n2)c(OC)c1. The van der Waals surface area contributed by atoms with E-state index in [1.165, 1.54) is 5.56 Å². The largest absolute Gasteiger partial charge is 0.497 e. The van der Waals surface area contributed by atoms with Gasteiger partial charge in [0, 0.05) is 42.3 Å². The van der Waals surface area contributed by atoms with E-state index in [9.17, 15) is 9.90 Å². The zero-order valence-electron chi connectivity index (χ0n) is 25.8. The third-order valence-corrected chi connectivity index (χ3v) is 7.89. The number of aliphatic hydroxyl groups is 1. The Hall–Kier alpha value is -3.84. The van der Waals surface area contributed by atoms with E-state index in [1.54, 1.807) is 21.3 Å². The Morgan fingerprint density at radius 1 is 0.976 bits per heavy atom. The number of nitrogens with zero attached hydrogens (tertiary/aromatic N) is 2. The Kier molecular flexibility index (Phi) is 10.3. The average molecular weight is 573 g/mol. The maximum absolute atomic E-state index is 13.2. The fourth-order valence-corrected chi connectivity index (χ4v) is 5.39. The number of amides is 1. The lowest BCUT2D eigenvalue weighted by molar-refractivity contribution is -0.129. The van der Waals surface area contributed by atoms with Crippen molar-refractivity contribution in [2.24, 2.45) is 0 Å². The van der Waals surface area contributed by atoms with Crippen LogP contribution in [0.15, 0.2) is 60.7 Å². The highest BCUT2D eigenvalue weighted by atomic mass is 16.5. The highest BCUT2D eigenvalue weighted by Crippen LogP contribution is 2.34. The number of hydrogen-bond donors (Lipinski definition) is 1. The first-order valence-electron chi connectivity index (χ1n) is 14.7. The van der Waals surface area contributed by atoms with Gasteiger partial charge in [0.1, 0.15) is 11.5 Å². The first-order valence-corrected chi connectivity index (χ1v) is 14.7. The van der Waals surface area contributed by atoms with Crippen LogP contribution in [-0.2, 0) is 23.2 Å². The molecule has 0 aliphatic carbocycles. The van der Waals surface area contributed by atoms with Gasteiger partial charge in [0.25, 0.3) is 0 Å². The minimum atomic E-state index is -0.112. The van der Waals surface area contributed by atoms with Crippen LogP contribution in [0.5, 0.6) is 17.4 Å². The summed E-state index contributed by atoms with van der Waals surface area (Å²) in [6, 6.07) is 18.3. The fourth-order valence-electron chi connectivity index (χ4n) is 5.39. The van der Waals surface area contributed by atoms with E-state index in [1.807, 2.05) is 29.2 Å². The molecule has 1 aromatic heterocycles. The fraction of sp³-hybridized carbons (Fsp3) is 0.429. The maximum Gasteiger partial charge on any atom is 0.223 e. The number of carbonyl (C=O) groups excluding carboxylic acids is 1. The molecular weight excluding hydrogens is 528 g/mol. The molecule has 0 bridgehead atoms. The van der Waals surface area contributed by atoms with Gasteiger partial charge in [-0.15, -0.1) is 0 Å². The number of aryl methyl sites for hydroxylation is 1. The summed E-state index contributed by atoms with van der Waals surface area (Å²) in [4.78, 5) is 20.0. The summed E-state index contributed by atoms with van der Waals surface area (Å²) in [5.74, 6) is 2.10. The lowest BCUT2D eigenvalue weighted by atomic mass is 9.86. The summed E-state index contributed by atoms with van der Waals surface area (Å²) in [6.45, 7) is 7.22. The van der Waals surface area contributed by atoms with E-state index in [-0.39, 0.29) is 24.0 Å². The predicted octanol–water partition coefficient (Wildman–Crippen LogP) is 6.34. The van der Waals surface area contributed by atoms with Crippen LogP contribution in [0.1, 0.15) is 74.4 Å². The second-order valence-corrected chi connectivity index (χ2v) is 11.8. The Balaban J connectivity index is 1.75. The second-order valence-electron chi connectivity index (χ2n) is 11.8. The molecule has 0 unspecified atom stereocenters. The van der Waals surface area contributed by atoms with Crippen LogP contribution in [0.2, 0.25) is 0 Å². The molecule has 0 radical (unpaired) electrons. The Labute approximate surface area is 250 Å². The molecule has 1 saturated heterocycles. The first kappa shape index (κ1) is 31.1. The molecule has 1 fully saturated rings. The highest BCUT2D eigenvalue weighted by molar-refractivity contribution is 5.83. The summed E-state index contributed by atoms with van der Waals surface area (Å²) in [7, 11) is 4.90. The second kappa shape index (κ2) is 13.9. The molecule has 0 spiro atoms. The van der Waals surface area contributed by atoms with Gasteiger partial charge in [-0.2, -0.15) is 0 Å². The molecule has 2 aromatic carbocycles. The van der Waals surface area contributed by atoms with Crippen molar-refractivity contribution >= 4 is 11.5 Å². The minimum Gasteiger partial charge on any atom is -0.497 e. The van der Waals surface area contributed by atoms with Gasteiger partial charge in [0.2, 0.25) is 11.8 Å². The van der Waals surface area contributed by atoms with Gasteiger partial charge < -0.3 is 24.2 Å². The zero-order chi connectivity index (χ0) is 30.3. The van der Waals surface area contributed by atoms with E-state index in [4.69, 9.17) is 19.2 Å². The molecule has 4 rings (SSSR count). The van der Waals surface area contributed by atoms with Crippen molar-refractivity contribution in [3.63, 3.8) is 0 Å². The predicted molar refractivity (Wildman–Crippen MR) is 166 cm³/mol. The smallest absolute Gasteiger partial charge is 0.223 e. The number of rotatable bonds is 12. The van der Waals surface area contributed by atoms with Crippen LogP contribution >= 0.6 is 0 Å². The van der Waals surface area contributed by atoms with Crippen LogP contribution in [0, 0.1) is 0 Å². The Morgan fingerprint density at radius 3 is 2.36 bits per heavy atom. The van der Waals surface area contributed by atoms with Gasteiger partial charge >= 0.3 is 0 Å². The summed E-state index contributed by atoms with van der Waals surface area (Å²) in [5.41, 5.74) is 6.01. The van der Waals surface area contributed by atoms with Crippen LogP contribution in [0.4, 0.5) is 0 Å². The molecule has 42 heavy (non-hydrogen) atoms. The maximum atomic E-state index is 13.2. The number of aliphatic hydroxyl groups excluding tert-OH is 1. The Bertz CT molecular complexity index is 1390. The van der Waals surface area contributed by atoms with Crippen molar-refractivity contribution in [1.29, 1.82) is 0 Å². The first-order chi connectivity index (χ1) is 20.2. The quantitative estimate of drug-likeness (QED) is 0.255. The number of likely N-dealkylation sites (tertiary alicyclic amines) is 1. The molecule has 2 heterocycles. The molecule has 1 aliphatic heterocycles. The molecule has 1 atom stereocenters. The van der Waals surface area contributed by atoms with Gasteiger partial charge in [-0.05, 0) is 60.4 Å². The number of methoxy groups -OCH3 is 3.